The molecule has 0 saturated carbocycles. The van der Waals surface area contributed by atoms with Gasteiger partial charge in [0, 0.05) is 113 Å². The quantitative estimate of drug-likeness (QED) is 0.0492. The maximum Gasteiger partial charge on any atom is 0.119 e. The normalized spacial score (nSPS) is 10.7. The highest BCUT2D eigenvalue weighted by Gasteiger charge is 2.22. The fourth-order valence-electron chi connectivity index (χ4n) is 17.3. The minimum absolute atomic E-state index is 0. The smallest absolute Gasteiger partial charge is 0.119 e. The van der Waals surface area contributed by atoms with Crippen molar-refractivity contribution in [3.05, 3.63) is 523 Å². The number of benzene rings is 20. The van der Waals surface area contributed by atoms with Gasteiger partial charge in [0.2, 0.25) is 0 Å². The Balaban J connectivity index is 0.000000195. The van der Waals surface area contributed by atoms with Crippen molar-refractivity contribution in [1.82, 2.24) is 0 Å². The molecule has 0 fully saturated rings. The van der Waals surface area contributed by atoms with E-state index in [9.17, 15) is 0 Å². The molecule has 0 aliphatic heterocycles. The van der Waals surface area contributed by atoms with Crippen LogP contribution in [0.5, 0.6) is 23.0 Å². The van der Waals surface area contributed by atoms with Crippen LogP contribution >= 0.6 is 15.9 Å². The molecule has 0 heterocycles. The number of methoxy groups -OCH3 is 4. The molecule has 20 aromatic carbocycles. The van der Waals surface area contributed by atoms with E-state index in [-0.39, 0.29) is 7.43 Å². The molecule has 706 valence electrons. The zero-order valence-electron chi connectivity index (χ0n) is 81.4. The van der Waals surface area contributed by atoms with Crippen LogP contribution < -0.4 is 54.1 Å². The third-order valence-corrected chi connectivity index (χ3v) is 25.9. The molecule has 0 aliphatic carbocycles. The molecule has 0 radical (unpaired) electrons. The first-order chi connectivity index (χ1) is 69.5. The Kier molecular flexibility index (Phi) is 31.3. The number of rotatable bonds is 28. The molecular weight excluding hydrogens is 1820 g/mol. The van der Waals surface area contributed by atoms with Crippen molar-refractivity contribution in [3.63, 3.8) is 0 Å². The lowest BCUT2D eigenvalue weighted by Gasteiger charge is -2.27. The van der Waals surface area contributed by atoms with Gasteiger partial charge in [-0.2, -0.15) is 0 Å². The molecule has 0 amide bonds. The largest absolute Gasteiger partial charge is 0.497 e. The molecule has 0 unspecified atom stereocenters. The van der Waals surface area contributed by atoms with Gasteiger partial charge in [0.15, 0.2) is 0 Å². The summed E-state index contributed by atoms with van der Waals surface area (Å²) in [4.78, 5) is 11.5. The summed E-state index contributed by atoms with van der Waals surface area (Å²) >= 11 is 3.50. The van der Waals surface area contributed by atoms with Crippen LogP contribution in [0.3, 0.4) is 0 Å². The standard InChI is InChI=1S/C78H66N4O3.C26H22BrN.C26H24N2O.CH4/c1-55-7-25-64(26-8-55)79(67-31-13-58(14-32-67)60-17-35-69(36-18-60)80(65-27-9-56(2)10-28-65)73-43-49-76(83-4)50-44-73)68-33-15-59(16-34-68)62-21-39-71(40-22-62)82(75-47-53-78(85-6)54-48-75)72-41-23-63(24-42-72)61-19-37-70(38-20-61)81(66-29-11-57(3)12-30-66)74-45-51-77(84-5)52-46-74;1-19-3-13-24(14-4-19)28(25-15-5-20(2)6-16-25)26-17-9-22(10-18-26)21-7-11-23(27)12-8-21;1-19-3-9-22(10-4-19)27-23-11-5-20(6-12-23)21-7-13-24(14-8-21)28-25-15-17-26(29-2)18-16-25;/h7-54H,1-6H3;3-18H,1-2H3;3-18,27-28H,1-2H3;1H4. The van der Waals surface area contributed by atoms with Gasteiger partial charge in [0.1, 0.15) is 23.0 Å². The molecule has 0 spiro atoms. The highest BCUT2D eigenvalue weighted by atomic mass is 79.9. The predicted octanol–water partition coefficient (Wildman–Crippen LogP) is 37.5. The predicted molar refractivity (Wildman–Crippen MR) is 608 cm³/mol. The van der Waals surface area contributed by atoms with Crippen LogP contribution in [-0.2, 0) is 0 Å². The summed E-state index contributed by atoms with van der Waals surface area (Å²) in [5.74, 6) is 3.31. The molecule has 20 rings (SSSR count). The summed E-state index contributed by atoms with van der Waals surface area (Å²) in [5, 5.41) is 6.84. The number of nitrogens with zero attached hydrogens (tertiary/aromatic N) is 5. The molecule has 20 aromatic rings. The number of aryl methyl sites for hydroxylation is 6. The summed E-state index contributed by atoms with van der Waals surface area (Å²) in [7, 11) is 6.77. The zero-order chi connectivity index (χ0) is 97.8. The van der Waals surface area contributed by atoms with Gasteiger partial charge >= 0.3 is 0 Å². The molecular formula is C131H116BrN7O4. The molecule has 0 bridgehead atoms. The number of halogens is 1. The van der Waals surface area contributed by atoms with Crippen LogP contribution in [-0.4, -0.2) is 28.4 Å². The monoisotopic (exact) mass is 1930 g/mol. The van der Waals surface area contributed by atoms with Gasteiger partial charge in [0.25, 0.3) is 0 Å². The number of hydrogen-bond donors (Lipinski definition) is 2. The second-order valence-electron chi connectivity index (χ2n) is 35.3. The zero-order valence-corrected chi connectivity index (χ0v) is 83.0. The molecule has 12 heteroatoms. The van der Waals surface area contributed by atoms with E-state index in [0.29, 0.717) is 0 Å². The van der Waals surface area contributed by atoms with Crippen molar-refractivity contribution in [1.29, 1.82) is 0 Å². The maximum absolute atomic E-state index is 5.58. The first-order valence-electron chi connectivity index (χ1n) is 47.7. The first kappa shape index (κ1) is 97.3. The van der Waals surface area contributed by atoms with E-state index in [1.807, 2.05) is 60.7 Å². The van der Waals surface area contributed by atoms with Gasteiger partial charge in [0.05, 0.1) is 28.4 Å². The lowest BCUT2D eigenvalue weighted by molar-refractivity contribution is 0.414. The molecule has 0 saturated heterocycles. The summed E-state index contributed by atoms with van der Waals surface area (Å²) in [6.45, 7) is 12.7. The molecule has 0 atom stereocenters. The lowest BCUT2D eigenvalue weighted by atomic mass is 10.0. The minimum atomic E-state index is 0. The van der Waals surface area contributed by atoms with Gasteiger partial charge in [-0.25, -0.2) is 0 Å². The van der Waals surface area contributed by atoms with E-state index < -0.39 is 0 Å². The van der Waals surface area contributed by atoms with Crippen molar-refractivity contribution in [2.45, 2.75) is 49.0 Å². The summed E-state index contributed by atoms with van der Waals surface area (Å²) in [6, 6.07) is 171. The molecule has 2 N–H and O–H groups in total. The average Bonchev–Trinajstić information content (AvgIpc) is 0.799. The topological polar surface area (TPSA) is 77.2 Å². The Labute approximate surface area is 851 Å². The third kappa shape index (κ3) is 24.2. The van der Waals surface area contributed by atoms with E-state index in [1.54, 1.807) is 28.4 Å². The number of anilines is 19. The second-order valence-corrected chi connectivity index (χ2v) is 36.2. The van der Waals surface area contributed by atoms with E-state index in [2.05, 4.69) is 517 Å². The van der Waals surface area contributed by atoms with Gasteiger partial charge < -0.3 is 54.1 Å². The van der Waals surface area contributed by atoms with Crippen molar-refractivity contribution >= 4 is 124 Å². The Bertz CT molecular complexity index is 7420. The average molecular weight is 1930 g/mol. The maximum atomic E-state index is 5.58. The van der Waals surface area contributed by atoms with Gasteiger partial charge in [-0.15, -0.1) is 0 Å². The van der Waals surface area contributed by atoms with Gasteiger partial charge in [-0.05, 0) is 388 Å². The Morgan fingerprint density at radius 1 is 0.147 bits per heavy atom. The van der Waals surface area contributed by atoms with Gasteiger partial charge in [-0.1, -0.05) is 251 Å². The summed E-state index contributed by atoms with van der Waals surface area (Å²) in [5.41, 5.74) is 39.5. The fraction of sp³-hybridized carbons (Fsp3) is 0.0840. The molecule has 0 aromatic heterocycles. The lowest BCUT2D eigenvalue weighted by Crippen LogP contribution is -2.10. The molecule has 0 aliphatic rings. The Morgan fingerprint density at radius 2 is 0.252 bits per heavy atom. The van der Waals surface area contributed by atoms with Crippen molar-refractivity contribution in [2.75, 3.05) is 63.6 Å². The fourth-order valence-corrected chi connectivity index (χ4v) is 17.6. The van der Waals surface area contributed by atoms with E-state index in [1.165, 1.54) is 55.6 Å². The second kappa shape index (κ2) is 46.0. The van der Waals surface area contributed by atoms with Crippen LogP contribution in [0.2, 0.25) is 0 Å². The number of nitrogens with one attached hydrogen (secondary N) is 2. The summed E-state index contributed by atoms with van der Waals surface area (Å²) in [6.07, 6.45) is 0. The summed E-state index contributed by atoms with van der Waals surface area (Å²) < 4.78 is 22.8. The van der Waals surface area contributed by atoms with Crippen molar-refractivity contribution < 1.29 is 18.9 Å². The van der Waals surface area contributed by atoms with Crippen LogP contribution in [0, 0.1) is 41.5 Å². The van der Waals surface area contributed by atoms with Crippen LogP contribution in [0.25, 0.3) is 55.6 Å². The highest BCUT2D eigenvalue weighted by Crippen LogP contribution is 2.45. The van der Waals surface area contributed by atoms with Crippen molar-refractivity contribution in [2.24, 2.45) is 0 Å². The number of ether oxygens (including phenoxy) is 4. The van der Waals surface area contributed by atoms with E-state index in [0.717, 1.165) is 169 Å². The minimum Gasteiger partial charge on any atom is -0.497 e. The molecule has 11 nitrogen and oxygen atoms in total. The van der Waals surface area contributed by atoms with Crippen LogP contribution in [0.1, 0.15) is 40.8 Å². The first-order valence-corrected chi connectivity index (χ1v) is 48.5. The Hall–Kier alpha value is -17.3. The van der Waals surface area contributed by atoms with Gasteiger partial charge in [-0.3, -0.25) is 0 Å². The highest BCUT2D eigenvalue weighted by molar-refractivity contribution is 9.10. The third-order valence-electron chi connectivity index (χ3n) is 25.3. The molecule has 143 heavy (non-hydrogen) atoms. The van der Waals surface area contributed by atoms with Crippen LogP contribution in [0.4, 0.5) is 108 Å². The Morgan fingerprint density at radius 3 is 0.406 bits per heavy atom. The van der Waals surface area contributed by atoms with Crippen LogP contribution in [0.15, 0.2) is 490 Å². The van der Waals surface area contributed by atoms with E-state index in [4.69, 9.17) is 18.9 Å². The van der Waals surface area contributed by atoms with Crippen molar-refractivity contribution in [3.8, 4) is 78.6 Å². The van der Waals surface area contributed by atoms with E-state index >= 15 is 0 Å². The number of hydrogen-bond acceptors (Lipinski definition) is 11. The SMILES string of the molecule is C.COc1ccc(N(c2ccc(C)cc2)c2ccc(-c3ccc(N(c4ccc(C)cc4)c4ccc(-c5ccc(N(c6ccc(OC)cc6)c6ccc(-c7ccc(N(c8ccc(C)cc8)c8ccc(OC)cc8)cc7)cc6)cc5)cc4)cc3)cc2)cc1.COc1ccc(Nc2ccc(-c3ccc(Nc4ccc(C)cc4)cc3)cc2)cc1.Cc1ccc(N(c2ccc(C)cc2)c2ccc(-c3ccc(Br)cc3)cc2)cc1.